The molecule has 0 aromatic heterocycles. The van der Waals surface area contributed by atoms with E-state index in [1.807, 2.05) is 0 Å². The maximum Gasteiger partial charge on any atom is 0.00979 e. The van der Waals surface area contributed by atoms with Crippen LogP contribution in [0.25, 0.3) is 0 Å². The molecule has 3 atom stereocenters. The molecule has 2 rings (SSSR count). The van der Waals surface area contributed by atoms with Gasteiger partial charge < -0.3 is 5.32 Å². The van der Waals surface area contributed by atoms with Crippen LogP contribution in [0.5, 0.6) is 0 Å². The summed E-state index contributed by atoms with van der Waals surface area (Å²) in [7, 11) is 0. The van der Waals surface area contributed by atoms with Gasteiger partial charge in [-0.15, -0.1) is 0 Å². The Morgan fingerprint density at radius 2 is 1.71 bits per heavy atom. The largest absolute Gasteiger partial charge is 0.314 e. The number of rotatable bonds is 6. The standard InChI is InChI=1S/C16H31N/c1-3-13-7-6-10-15(11-13)16(17-4-2)12-14-8-5-9-14/h13-17H,3-12H2,1-2H3. The highest BCUT2D eigenvalue weighted by molar-refractivity contribution is 4.85. The fourth-order valence-corrected chi connectivity index (χ4v) is 3.86. The molecule has 0 saturated heterocycles. The first-order valence-electron chi connectivity index (χ1n) is 8.06. The molecule has 17 heavy (non-hydrogen) atoms. The summed E-state index contributed by atoms with van der Waals surface area (Å²) >= 11 is 0. The molecule has 2 aliphatic rings. The Kier molecular flexibility index (Phi) is 5.34. The molecule has 0 bridgehead atoms. The van der Waals surface area contributed by atoms with Crippen LogP contribution in [-0.4, -0.2) is 12.6 Å². The summed E-state index contributed by atoms with van der Waals surface area (Å²) in [6.45, 7) is 5.81. The molecular weight excluding hydrogens is 206 g/mol. The van der Waals surface area contributed by atoms with E-state index in [1.54, 1.807) is 0 Å². The van der Waals surface area contributed by atoms with E-state index in [4.69, 9.17) is 0 Å². The molecule has 0 spiro atoms. The first-order chi connectivity index (χ1) is 8.33. The van der Waals surface area contributed by atoms with Gasteiger partial charge in [-0.3, -0.25) is 0 Å². The molecule has 1 heteroatoms. The van der Waals surface area contributed by atoms with E-state index >= 15 is 0 Å². The summed E-state index contributed by atoms with van der Waals surface area (Å²) in [5.74, 6) is 3.06. The van der Waals surface area contributed by atoms with Crippen molar-refractivity contribution in [3.05, 3.63) is 0 Å². The van der Waals surface area contributed by atoms with Gasteiger partial charge in [-0.05, 0) is 43.6 Å². The highest BCUT2D eigenvalue weighted by Crippen LogP contribution is 2.37. The first-order valence-corrected chi connectivity index (χ1v) is 8.06. The van der Waals surface area contributed by atoms with Crippen molar-refractivity contribution in [2.24, 2.45) is 17.8 Å². The molecule has 0 aromatic rings. The van der Waals surface area contributed by atoms with E-state index in [9.17, 15) is 0 Å². The van der Waals surface area contributed by atoms with Crippen molar-refractivity contribution in [1.82, 2.24) is 5.32 Å². The molecule has 2 aliphatic carbocycles. The smallest absolute Gasteiger partial charge is 0.00979 e. The van der Waals surface area contributed by atoms with Gasteiger partial charge in [0.05, 0.1) is 0 Å². The van der Waals surface area contributed by atoms with Crippen LogP contribution in [0.3, 0.4) is 0 Å². The minimum atomic E-state index is 0.833. The Hall–Kier alpha value is -0.0400. The van der Waals surface area contributed by atoms with Gasteiger partial charge in [0.15, 0.2) is 0 Å². The topological polar surface area (TPSA) is 12.0 Å². The molecule has 0 aromatic carbocycles. The Morgan fingerprint density at radius 1 is 1.00 bits per heavy atom. The molecule has 0 radical (unpaired) electrons. The highest BCUT2D eigenvalue weighted by Gasteiger charge is 2.30. The van der Waals surface area contributed by atoms with E-state index in [-0.39, 0.29) is 0 Å². The van der Waals surface area contributed by atoms with Crippen molar-refractivity contribution < 1.29 is 0 Å². The second-order valence-electron chi connectivity index (χ2n) is 6.40. The maximum absolute atomic E-state index is 3.80. The number of nitrogens with one attached hydrogen (secondary N) is 1. The Labute approximate surface area is 108 Å². The minimum absolute atomic E-state index is 0.833. The normalized spacial score (nSPS) is 32.1. The van der Waals surface area contributed by atoms with E-state index in [2.05, 4.69) is 19.2 Å². The van der Waals surface area contributed by atoms with Crippen LogP contribution in [-0.2, 0) is 0 Å². The SMILES string of the molecule is CCNC(CC1CCC1)C1CCCC(CC)C1. The average molecular weight is 237 g/mol. The van der Waals surface area contributed by atoms with Gasteiger partial charge in [0.2, 0.25) is 0 Å². The molecule has 100 valence electrons. The van der Waals surface area contributed by atoms with Crippen molar-refractivity contribution in [2.45, 2.75) is 77.7 Å². The van der Waals surface area contributed by atoms with Crippen molar-refractivity contribution in [2.75, 3.05) is 6.54 Å². The number of hydrogen-bond acceptors (Lipinski definition) is 1. The summed E-state index contributed by atoms with van der Waals surface area (Å²) < 4.78 is 0. The maximum atomic E-state index is 3.80. The van der Waals surface area contributed by atoms with Gasteiger partial charge in [0, 0.05) is 6.04 Å². The second-order valence-corrected chi connectivity index (χ2v) is 6.40. The van der Waals surface area contributed by atoms with E-state index in [0.717, 1.165) is 30.3 Å². The average Bonchev–Trinajstić information content (AvgIpc) is 2.32. The lowest BCUT2D eigenvalue weighted by atomic mass is 9.72. The minimum Gasteiger partial charge on any atom is -0.314 e. The van der Waals surface area contributed by atoms with E-state index < -0.39 is 0 Å². The third-order valence-electron chi connectivity index (χ3n) is 5.25. The lowest BCUT2D eigenvalue weighted by Crippen LogP contribution is -2.40. The fraction of sp³-hybridized carbons (Fsp3) is 1.00. The zero-order valence-corrected chi connectivity index (χ0v) is 11.9. The third-order valence-corrected chi connectivity index (χ3v) is 5.25. The summed E-state index contributed by atoms with van der Waals surface area (Å²) in [5.41, 5.74) is 0. The second kappa shape index (κ2) is 6.78. The summed E-state index contributed by atoms with van der Waals surface area (Å²) in [5, 5.41) is 3.80. The van der Waals surface area contributed by atoms with Gasteiger partial charge in [-0.25, -0.2) is 0 Å². The van der Waals surface area contributed by atoms with Gasteiger partial charge in [-0.2, -0.15) is 0 Å². The van der Waals surface area contributed by atoms with Crippen LogP contribution in [0.2, 0.25) is 0 Å². The predicted molar refractivity (Wildman–Crippen MR) is 75.2 cm³/mol. The lowest BCUT2D eigenvalue weighted by molar-refractivity contribution is 0.166. The zero-order chi connectivity index (χ0) is 12.1. The van der Waals surface area contributed by atoms with Crippen LogP contribution in [0, 0.1) is 17.8 Å². The number of hydrogen-bond donors (Lipinski definition) is 1. The predicted octanol–water partition coefficient (Wildman–Crippen LogP) is 4.37. The monoisotopic (exact) mass is 237 g/mol. The van der Waals surface area contributed by atoms with E-state index in [1.165, 1.54) is 57.8 Å². The van der Waals surface area contributed by atoms with Gasteiger partial charge >= 0.3 is 0 Å². The van der Waals surface area contributed by atoms with Crippen molar-refractivity contribution in [3.8, 4) is 0 Å². The molecule has 1 nitrogen and oxygen atoms in total. The Bertz CT molecular complexity index is 210. The van der Waals surface area contributed by atoms with Crippen LogP contribution in [0.1, 0.15) is 71.6 Å². The fourth-order valence-electron chi connectivity index (χ4n) is 3.86. The molecule has 0 amide bonds. The van der Waals surface area contributed by atoms with Crippen molar-refractivity contribution in [3.63, 3.8) is 0 Å². The summed E-state index contributed by atoms with van der Waals surface area (Å²) in [6.07, 6.45) is 13.3. The van der Waals surface area contributed by atoms with Crippen LogP contribution >= 0.6 is 0 Å². The molecule has 0 aliphatic heterocycles. The lowest BCUT2D eigenvalue weighted by Gasteiger charge is -2.38. The van der Waals surface area contributed by atoms with E-state index in [0.29, 0.717) is 0 Å². The van der Waals surface area contributed by atoms with Gasteiger partial charge in [0.25, 0.3) is 0 Å². The van der Waals surface area contributed by atoms with Crippen LogP contribution < -0.4 is 5.32 Å². The van der Waals surface area contributed by atoms with Gasteiger partial charge in [0.1, 0.15) is 0 Å². The zero-order valence-electron chi connectivity index (χ0n) is 11.9. The van der Waals surface area contributed by atoms with Crippen LogP contribution in [0.4, 0.5) is 0 Å². The Morgan fingerprint density at radius 3 is 2.29 bits per heavy atom. The Balaban J connectivity index is 1.84. The van der Waals surface area contributed by atoms with Crippen LogP contribution in [0.15, 0.2) is 0 Å². The molecule has 2 fully saturated rings. The van der Waals surface area contributed by atoms with Crippen molar-refractivity contribution >= 4 is 0 Å². The molecule has 0 heterocycles. The summed E-state index contributed by atoms with van der Waals surface area (Å²) in [6, 6.07) is 0.833. The first kappa shape index (κ1) is 13.4. The molecular formula is C16H31N. The molecule has 1 N–H and O–H groups in total. The highest BCUT2D eigenvalue weighted by atomic mass is 14.9. The summed E-state index contributed by atoms with van der Waals surface area (Å²) in [4.78, 5) is 0. The molecule has 2 saturated carbocycles. The van der Waals surface area contributed by atoms with Crippen molar-refractivity contribution in [1.29, 1.82) is 0 Å². The quantitative estimate of drug-likeness (QED) is 0.723. The molecule has 3 unspecified atom stereocenters. The van der Waals surface area contributed by atoms with Gasteiger partial charge in [-0.1, -0.05) is 52.4 Å². The third kappa shape index (κ3) is 3.71.